The summed E-state index contributed by atoms with van der Waals surface area (Å²) in [7, 11) is 1.55. The molecule has 0 bridgehead atoms. The Hall–Kier alpha value is -0.900. The zero-order chi connectivity index (χ0) is 9.14. The van der Waals surface area contributed by atoms with Crippen LogP contribution in [0, 0.1) is 0 Å². The van der Waals surface area contributed by atoms with E-state index in [4.69, 9.17) is 4.74 Å². The number of rotatable bonds is 2. The third-order valence-electron chi connectivity index (χ3n) is 1.36. The van der Waals surface area contributed by atoms with Crippen LogP contribution in [0.4, 0.5) is 0 Å². The maximum Gasteiger partial charge on any atom is 0.178 e. The standard InChI is InChI=1S/C8H8BrNO2/c1-5(11)7-3-6(12-2)4-8(9)10-7/h3-4H,1-2H3. The van der Waals surface area contributed by atoms with Crippen molar-refractivity contribution in [2.45, 2.75) is 6.92 Å². The van der Waals surface area contributed by atoms with Gasteiger partial charge in [-0.05, 0) is 15.9 Å². The topological polar surface area (TPSA) is 39.2 Å². The number of pyridine rings is 1. The summed E-state index contributed by atoms with van der Waals surface area (Å²) < 4.78 is 5.57. The van der Waals surface area contributed by atoms with E-state index in [1.807, 2.05) is 0 Å². The summed E-state index contributed by atoms with van der Waals surface area (Å²) >= 11 is 3.18. The Balaban J connectivity index is 3.15. The number of methoxy groups -OCH3 is 1. The van der Waals surface area contributed by atoms with Crippen LogP contribution in [0.3, 0.4) is 0 Å². The fraction of sp³-hybridized carbons (Fsp3) is 0.250. The van der Waals surface area contributed by atoms with E-state index in [0.717, 1.165) is 0 Å². The normalized spacial score (nSPS) is 9.58. The van der Waals surface area contributed by atoms with Crippen LogP contribution in [0.25, 0.3) is 0 Å². The number of hydrogen-bond acceptors (Lipinski definition) is 3. The van der Waals surface area contributed by atoms with Gasteiger partial charge in [-0.25, -0.2) is 4.98 Å². The minimum atomic E-state index is -0.0744. The molecule has 1 rings (SSSR count). The molecule has 0 radical (unpaired) electrons. The number of aromatic nitrogens is 1. The molecule has 0 N–H and O–H groups in total. The average molecular weight is 230 g/mol. The van der Waals surface area contributed by atoms with Crippen molar-refractivity contribution in [3.05, 3.63) is 22.4 Å². The van der Waals surface area contributed by atoms with Gasteiger partial charge in [0.25, 0.3) is 0 Å². The van der Waals surface area contributed by atoms with Crippen LogP contribution in [0.1, 0.15) is 17.4 Å². The molecule has 0 amide bonds. The predicted molar refractivity (Wildman–Crippen MR) is 48.5 cm³/mol. The largest absolute Gasteiger partial charge is 0.497 e. The lowest BCUT2D eigenvalue weighted by atomic mass is 10.3. The van der Waals surface area contributed by atoms with Gasteiger partial charge in [0.2, 0.25) is 0 Å². The first-order valence-electron chi connectivity index (χ1n) is 3.36. The minimum absolute atomic E-state index is 0.0744. The molecule has 0 atom stereocenters. The van der Waals surface area contributed by atoms with Gasteiger partial charge in [0.1, 0.15) is 16.0 Å². The molecule has 0 aliphatic carbocycles. The van der Waals surface area contributed by atoms with Crippen LogP contribution >= 0.6 is 15.9 Å². The van der Waals surface area contributed by atoms with Crippen LogP contribution in [0.2, 0.25) is 0 Å². The van der Waals surface area contributed by atoms with E-state index < -0.39 is 0 Å². The summed E-state index contributed by atoms with van der Waals surface area (Å²) in [6.07, 6.45) is 0. The summed E-state index contributed by atoms with van der Waals surface area (Å²) in [5.74, 6) is 0.552. The minimum Gasteiger partial charge on any atom is -0.497 e. The molecule has 0 fully saturated rings. The molecule has 12 heavy (non-hydrogen) atoms. The number of hydrogen-bond donors (Lipinski definition) is 0. The van der Waals surface area contributed by atoms with Crippen molar-refractivity contribution in [1.29, 1.82) is 0 Å². The first-order chi connectivity index (χ1) is 5.63. The van der Waals surface area contributed by atoms with E-state index in [1.165, 1.54) is 6.92 Å². The second kappa shape index (κ2) is 3.67. The second-order valence-electron chi connectivity index (χ2n) is 2.27. The number of Topliss-reactive ketones (excluding diaryl/α,β-unsaturated/α-hetero) is 1. The molecule has 0 saturated carbocycles. The zero-order valence-electron chi connectivity index (χ0n) is 6.80. The lowest BCUT2D eigenvalue weighted by Crippen LogP contribution is -1.97. The van der Waals surface area contributed by atoms with Crippen molar-refractivity contribution in [2.24, 2.45) is 0 Å². The molecule has 64 valence electrons. The van der Waals surface area contributed by atoms with E-state index in [1.54, 1.807) is 19.2 Å². The fourth-order valence-corrected chi connectivity index (χ4v) is 1.19. The van der Waals surface area contributed by atoms with Gasteiger partial charge in [0.05, 0.1) is 7.11 Å². The molecule has 0 aliphatic rings. The monoisotopic (exact) mass is 229 g/mol. The van der Waals surface area contributed by atoms with Gasteiger partial charge in [0.15, 0.2) is 5.78 Å². The van der Waals surface area contributed by atoms with Crippen LogP contribution in [0.5, 0.6) is 5.75 Å². The summed E-state index contributed by atoms with van der Waals surface area (Å²) in [6.45, 7) is 1.47. The molecule has 3 nitrogen and oxygen atoms in total. The lowest BCUT2D eigenvalue weighted by molar-refractivity contribution is 0.101. The smallest absolute Gasteiger partial charge is 0.178 e. The van der Waals surface area contributed by atoms with Gasteiger partial charge in [-0.2, -0.15) is 0 Å². The van der Waals surface area contributed by atoms with Crippen molar-refractivity contribution in [1.82, 2.24) is 4.98 Å². The Kier molecular flexibility index (Phi) is 2.81. The predicted octanol–water partition coefficient (Wildman–Crippen LogP) is 2.06. The highest BCUT2D eigenvalue weighted by Crippen LogP contribution is 2.17. The van der Waals surface area contributed by atoms with E-state index >= 15 is 0 Å². The fourth-order valence-electron chi connectivity index (χ4n) is 0.772. The number of halogens is 1. The van der Waals surface area contributed by atoms with Gasteiger partial charge >= 0.3 is 0 Å². The second-order valence-corrected chi connectivity index (χ2v) is 3.08. The highest BCUT2D eigenvalue weighted by molar-refractivity contribution is 9.10. The van der Waals surface area contributed by atoms with Crippen LogP contribution in [0.15, 0.2) is 16.7 Å². The third-order valence-corrected chi connectivity index (χ3v) is 1.77. The van der Waals surface area contributed by atoms with Gasteiger partial charge in [-0.1, -0.05) is 0 Å². The summed E-state index contributed by atoms with van der Waals surface area (Å²) in [4.78, 5) is 14.9. The zero-order valence-corrected chi connectivity index (χ0v) is 8.38. The number of carbonyl (C=O) groups is 1. The maximum atomic E-state index is 10.9. The Bertz CT molecular complexity index is 312. The molecular formula is C8H8BrNO2. The van der Waals surface area contributed by atoms with Crippen molar-refractivity contribution < 1.29 is 9.53 Å². The van der Waals surface area contributed by atoms with Gasteiger partial charge in [0, 0.05) is 19.1 Å². The molecule has 0 aliphatic heterocycles. The first-order valence-corrected chi connectivity index (χ1v) is 4.15. The lowest BCUT2D eigenvalue weighted by Gasteiger charge is -2.01. The van der Waals surface area contributed by atoms with Crippen LogP contribution in [-0.4, -0.2) is 17.9 Å². The van der Waals surface area contributed by atoms with E-state index in [2.05, 4.69) is 20.9 Å². The molecule has 1 aromatic rings. The molecule has 0 spiro atoms. The molecule has 0 saturated heterocycles. The molecule has 4 heteroatoms. The van der Waals surface area contributed by atoms with Gasteiger partial charge in [-0.15, -0.1) is 0 Å². The van der Waals surface area contributed by atoms with Gasteiger partial charge in [-0.3, -0.25) is 4.79 Å². The number of ketones is 1. The number of carbonyl (C=O) groups excluding carboxylic acids is 1. The summed E-state index contributed by atoms with van der Waals surface area (Å²) in [5, 5.41) is 0. The first kappa shape index (κ1) is 9.19. The Morgan fingerprint density at radius 1 is 1.58 bits per heavy atom. The quantitative estimate of drug-likeness (QED) is 0.576. The van der Waals surface area contributed by atoms with Crippen molar-refractivity contribution in [3.63, 3.8) is 0 Å². The summed E-state index contributed by atoms with van der Waals surface area (Å²) in [5.41, 5.74) is 0.404. The Labute approximate surface area is 78.9 Å². The molecular weight excluding hydrogens is 222 g/mol. The maximum absolute atomic E-state index is 10.9. The average Bonchev–Trinajstić information content (AvgIpc) is 2.03. The molecule has 1 aromatic heterocycles. The Morgan fingerprint density at radius 3 is 2.75 bits per heavy atom. The summed E-state index contributed by atoms with van der Waals surface area (Å²) in [6, 6.07) is 3.31. The number of ether oxygens (including phenoxy) is 1. The van der Waals surface area contributed by atoms with E-state index in [9.17, 15) is 4.79 Å². The SMILES string of the molecule is COc1cc(Br)nc(C(C)=O)c1. The van der Waals surface area contributed by atoms with Crippen molar-refractivity contribution in [3.8, 4) is 5.75 Å². The van der Waals surface area contributed by atoms with Crippen LogP contribution < -0.4 is 4.74 Å². The molecule has 0 aromatic carbocycles. The van der Waals surface area contributed by atoms with Gasteiger partial charge < -0.3 is 4.74 Å². The third kappa shape index (κ3) is 2.04. The highest BCUT2D eigenvalue weighted by atomic mass is 79.9. The Morgan fingerprint density at radius 2 is 2.25 bits per heavy atom. The van der Waals surface area contributed by atoms with E-state index in [0.29, 0.717) is 16.0 Å². The molecule has 1 heterocycles. The van der Waals surface area contributed by atoms with Crippen LogP contribution in [-0.2, 0) is 0 Å². The number of nitrogens with zero attached hydrogens (tertiary/aromatic N) is 1. The molecule has 0 unspecified atom stereocenters. The highest BCUT2D eigenvalue weighted by Gasteiger charge is 2.04. The van der Waals surface area contributed by atoms with Crippen molar-refractivity contribution in [2.75, 3.05) is 7.11 Å². The van der Waals surface area contributed by atoms with E-state index in [-0.39, 0.29) is 5.78 Å². The van der Waals surface area contributed by atoms with Crippen molar-refractivity contribution >= 4 is 21.7 Å².